The average Bonchev–Trinajstić information content (AvgIpc) is 2.65. The zero-order valence-electron chi connectivity index (χ0n) is 15.5. The van der Waals surface area contributed by atoms with E-state index in [0.29, 0.717) is 36.1 Å². The van der Waals surface area contributed by atoms with Gasteiger partial charge in [-0.3, -0.25) is 9.59 Å². The van der Waals surface area contributed by atoms with Crippen LogP contribution in [-0.2, 0) is 9.59 Å². The van der Waals surface area contributed by atoms with E-state index in [1.54, 1.807) is 24.3 Å². The molecule has 2 rings (SSSR count). The molecule has 6 nitrogen and oxygen atoms in total. The molecule has 2 aromatic carbocycles. The molecule has 2 amide bonds. The van der Waals surface area contributed by atoms with E-state index in [1.165, 1.54) is 11.8 Å². The Kier molecular flexibility index (Phi) is 8.51. The number of hydrogen-bond acceptors (Lipinski definition) is 5. The quantitative estimate of drug-likeness (QED) is 0.647. The number of para-hydroxylation sites is 4. The monoisotopic (exact) mass is 388 g/mol. The van der Waals surface area contributed by atoms with E-state index < -0.39 is 0 Å². The first-order valence-corrected chi connectivity index (χ1v) is 9.90. The highest BCUT2D eigenvalue weighted by Gasteiger charge is 2.10. The SMILES string of the molecule is CCOc1ccccc1NC(=O)CSCC(=O)Nc1ccccc1OCC. The minimum atomic E-state index is -0.185. The van der Waals surface area contributed by atoms with Crippen LogP contribution < -0.4 is 20.1 Å². The van der Waals surface area contributed by atoms with Crippen molar-refractivity contribution in [2.24, 2.45) is 0 Å². The topological polar surface area (TPSA) is 76.7 Å². The van der Waals surface area contributed by atoms with Crippen LogP contribution in [0.5, 0.6) is 11.5 Å². The number of amides is 2. The summed E-state index contributed by atoms with van der Waals surface area (Å²) >= 11 is 1.24. The zero-order valence-corrected chi connectivity index (χ0v) is 16.3. The standard InChI is InChI=1S/C20H24N2O4S/c1-3-25-17-11-7-5-9-15(17)21-19(23)13-27-14-20(24)22-16-10-6-8-12-18(16)26-4-2/h5-12H,3-4,13-14H2,1-2H3,(H,21,23)(H,22,24). The number of ether oxygens (including phenoxy) is 2. The lowest BCUT2D eigenvalue weighted by Gasteiger charge is -2.12. The lowest BCUT2D eigenvalue weighted by molar-refractivity contribution is -0.114. The molecule has 0 aliphatic carbocycles. The molecule has 0 unspecified atom stereocenters. The van der Waals surface area contributed by atoms with Crippen molar-refractivity contribution in [2.75, 3.05) is 35.4 Å². The summed E-state index contributed by atoms with van der Waals surface area (Å²) in [6, 6.07) is 14.5. The maximum atomic E-state index is 12.1. The van der Waals surface area contributed by atoms with Crippen molar-refractivity contribution in [1.29, 1.82) is 0 Å². The Hall–Kier alpha value is -2.67. The lowest BCUT2D eigenvalue weighted by Crippen LogP contribution is -2.19. The number of benzene rings is 2. The van der Waals surface area contributed by atoms with Crippen LogP contribution in [0.15, 0.2) is 48.5 Å². The van der Waals surface area contributed by atoms with Crippen LogP contribution in [0.25, 0.3) is 0 Å². The first-order chi connectivity index (χ1) is 13.1. The second kappa shape index (κ2) is 11.1. The van der Waals surface area contributed by atoms with Crippen molar-refractivity contribution in [3.8, 4) is 11.5 Å². The maximum absolute atomic E-state index is 12.1. The first-order valence-electron chi connectivity index (χ1n) is 8.75. The van der Waals surface area contributed by atoms with Crippen LogP contribution in [-0.4, -0.2) is 36.5 Å². The highest BCUT2D eigenvalue weighted by atomic mass is 32.2. The van der Waals surface area contributed by atoms with Gasteiger partial charge in [0.2, 0.25) is 11.8 Å². The van der Waals surface area contributed by atoms with Crippen LogP contribution >= 0.6 is 11.8 Å². The summed E-state index contributed by atoms with van der Waals surface area (Å²) in [4.78, 5) is 24.2. The molecular weight excluding hydrogens is 364 g/mol. The van der Waals surface area contributed by atoms with Crippen molar-refractivity contribution < 1.29 is 19.1 Å². The molecule has 0 spiro atoms. The lowest BCUT2D eigenvalue weighted by atomic mass is 10.3. The molecule has 0 aliphatic heterocycles. The fourth-order valence-electron chi connectivity index (χ4n) is 2.31. The number of thioether (sulfide) groups is 1. The summed E-state index contributed by atoms with van der Waals surface area (Å²) in [5, 5.41) is 5.62. The van der Waals surface area contributed by atoms with Crippen LogP contribution in [0.1, 0.15) is 13.8 Å². The summed E-state index contributed by atoms with van der Waals surface area (Å²) in [6.45, 7) is 4.81. The van der Waals surface area contributed by atoms with E-state index in [0.717, 1.165) is 0 Å². The molecule has 0 heterocycles. The molecule has 0 bridgehead atoms. The molecule has 144 valence electrons. The van der Waals surface area contributed by atoms with Crippen LogP contribution in [0, 0.1) is 0 Å². The van der Waals surface area contributed by atoms with E-state index in [9.17, 15) is 9.59 Å². The fraction of sp³-hybridized carbons (Fsp3) is 0.300. The summed E-state index contributed by atoms with van der Waals surface area (Å²) < 4.78 is 11.0. The van der Waals surface area contributed by atoms with Gasteiger partial charge in [-0.05, 0) is 38.1 Å². The minimum absolute atomic E-state index is 0.168. The maximum Gasteiger partial charge on any atom is 0.234 e. The molecule has 0 aliphatic rings. The molecule has 0 fully saturated rings. The molecule has 0 saturated heterocycles. The van der Waals surface area contributed by atoms with Crippen molar-refractivity contribution >= 4 is 35.0 Å². The number of hydrogen-bond donors (Lipinski definition) is 2. The van der Waals surface area contributed by atoms with Gasteiger partial charge in [0.1, 0.15) is 11.5 Å². The Bertz CT molecular complexity index is 704. The largest absolute Gasteiger partial charge is 0.492 e. The Balaban J connectivity index is 1.79. The predicted molar refractivity (Wildman–Crippen MR) is 110 cm³/mol. The van der Waals surface area contributed by atoms with E-state index >= 15 is 0 Å². The Morgan fingerprint density at radius 1 is 0.778 bits per heavy atom. The van der Waals surface area contributed by atoms with Gasteiger partial charge in [0.25, 0.3) is 0 Å². The molecule has 0 radical (unpaired) electrons. The van der Waals surface area contributed by atoms with Gasteiger partial charge in [-0.25, -0.2) is 0 Å². The molecule has 7 heteroatoms. The van der Waals surface area contributed by atoms with E-state index in [2.05, 4.69) is 10.6 Å². The van der Waals surface area contributed by atoms with Crippen molar-refractivity contribution in [1.82, 2.24) is 0 Å². The van der Waals surface area contributed by atoms with Gasteiger partial charge in [0.05, 0.1) is 36.1 Å². The molecular formula is C20H24N2O4S. The summed E-state index contributed by atoms with van der Waals surface area (Å²) in [5.74, 6) is 1.22. The van der Waals surface area contributed by atoms with Gasteiger partial charge in [0, 0.05) is 0 Å². The number of carbonyl (C=O) groups is 2. The van der Waals surface area contributed by atoms with Gasteiger partial charge in [-0.15, -0.1) is 11.8 Å². The van der Waals surface area contributed by atoms with Gasteiger partial charge < -0.3 is 20.1 Å². The zero-order chi connectivity index (χ0) is 19.5. The van der Waals surface area contributed by atoms with E-state index in [1.807, 2.05) is 38.1 Å². The highest BCUT2D eigenvalue weighted by Crippen LogP contribution is 2.25. The Labute approximate surface area is 163 Å². The number of anilines is 2. The van der Waals surface area contributed by atoms with Crippen molar-refractivity contribution in [3.63, 3.8) is 0 Å². The normalized spacial score (nSPS) is 10.1. The Morgan fingerprint density at radius 2 is 1.19 bits per heavy atom. The summed E-state index contributed by atoms with van der Waals surface area (Å²) in [5.41, 5.74) is 1.25. The molecule has 2 N–H and O–H groups in total. The third-order valence-corrected chi connectivity index (χ3v) is 4.32. The minimum Gasteiger partial charge on any atom is -0.492 e. The first kappa shape index (κ1) is 20.6. The van der Waals surface area contributed by atoms with Crippen molar-refractivity contribution in [2.45, 2.75) is 13.8 Å². The van der Waals surface area contributed by atoms with Crippen LogP contribution in [0.3, 0.4) is 0 Å². The molecule has 0 atom stereocenters. The van der Waals surface area contributed by atoms with Gasteiger partial charge in [-0.1, -0.05) is 24.3 Å². The second-order valence-corrected chi connectivity index (χ2v) is 6.43. The van der Waals surface area contributed by atoms with Gasteiger partial charge in [0.15, 0.2) is 0 Å². The van der Waals surface area contributed by atoms with Crippen molar-refractivity contribution in [3.05, 3.63) is 48.5 Å². The fourth-order valence-corrected chi connectivity index (χ4v) is 2.93. The number of nitrogens with one attached hydrogen (secondary N) is 2. The van der Waals surface area contributed by atoms with Crippen LogP contribution in [0.2, 0.25) is 0 Å². The average molecular weight is 388 g/mol. The van der Waals surface area contributed by atoms with E-state index in [4.69, 9.17) is 9.47 Å². The summed E-state index contributed by atoms with van der Waals surface area (Å²) in [7, 11) is 0. The van der Waals surface area contributed by atoms with Crippen LogP contribution in [0.4, 0.5) is 11.4 Å². The molecule has 0 aromatic heterocycles. The number of carbonyl (C=O) groups excluding carboxylic acids is 2. The third kappa shape index (κ3) is 6.86. The highest BCUT2D eigenvalue weighted by molar-refractivity contribution is 8.00. The van der Waals surface area contributed by atoms with E-state index in [-0.39, 0.29) is 23.3 Å². The summed E-state index contributed by atoms with van der Waals surface area (Å²) in [6.07, 6.45) is 0. The Morgan fingerprint density at radius 3 is 1.59 bits per heavy atom. The van der Waals surface area contributed by atoms with Gasteiger partial charge in [-0.2, -0.15) is 0 Å². The third-order valence-electron chi connectivity index (χ3n) is 3.39. The van der Waals surface area contributed by atoms with Gasteiger partial charge >= 0.3 is 0 Å². The molecule has 2 aromatic rings. The predicted octanol–water partition coefficient (Wildman–Crippen LogP) is 3.79. The smallest absolute Gasteiger partial charge is 0.234 e. The second-order valence-electron chi connectivity index (χ2n) is 5.45. The number of rotatable bonds is 10. The molecule has 0 saturated carbocycles. The molecule has 27 heavy (non-hydrogen) atoms.